The second-order valence-corrected chi connectivity index (χ2v) is 22.9. The lowest BCUT2D eigenvalue weighted by molar-refractivity contribution is 0.332. The average molecular weight is 787 g/mol. The molecule has 302 valence electrons. The van der Waals surface area contributed by atoms with Crippen molar-refractivity contribution in [3.05, 3.63) is 125 Å². The van der Waals surface area contributed by atoms with Gasteiger partial charge in [0, 0.05) is 38.8 Å². The number of benzene rings is 6. The Hall–Kier alpha value is -5.22. The third-order valence-electron chi connectivity index (χ3n) is 14.9. The van der Waals surface area contributed by atoms with Crippen molar-refractivity contribution in [2.24, 2.45) is 0 Å². The van der Waals surface area contributed by atoms with Gasteiger partial charge in [0.05, 0.1) is 16.4 Å². The van der Waals surface area contributed by atoms with Crippen LogP contribution < -0.4 is 15.7 Å². The molecule has 0 atom stereocenters. The second-order valence-electron chi connectivity index (χ2n) is 22.9. The highest BCUT2D eigenvalue weighted by Crippen LogP contribution is 2.55. The average Bonchev–Trinajstić information content (AvgIpc) is 3.74. The van der Waals surface area contributed by atoms with Gasteiger partial charge in [-0.05, 0) is 133 Å². The second kappa shape index (κ2) is 11.8. The van der Waals surface area contributed by atoms with Crippen LogP contribution in [0.4, 0.5) is 11.4 Å². The molecule has 11 rings (SSSR count). The smallest absolute Gasteiger partial charge is 0.333 e. The Morgan fingerprint density at radius 2 is 1.18 bits per heavy atom. The molecular formula is C56H59BN2O. The highest BCUT2D eigenvalue weighted by Gasteiger charge is 2.48. The fourth-order valence-corrected chi connectivity index (χ4v) is 11.2. The van der Waals surface area contributed by atoms with Crippen molar-refractivity contribution in [3.8, 4) is 16.8 Å². The Balaban J connectivity index is 1.40. The van der Waals surface area contributed by atoms with Gasteiger partial charge in [-0.25, -0.2) is 0 Å². The lowest BCUT2D eigenvalue weighted by atomic mass is 9.43. The minimum Gasteiger partial charge on any atom is -0.455 e. The topological polar surface area (TPSA) is 21.3 Å². The predicted molar refractivity (Wildman–Crippen MR) is 258 cm³/mol. The number of rotatable bonds is 1. The van der Waals surface area contributed by atoms with Crippen molar-refractivity contribution in [1.82, 2.24) is 4.57 Å². The summed E-state index contributed by atoms with van der Waals surface area (Å²) in [6.07, 6.45) is 2.33. The molecule has 3 nitrogen and oxygen atoms in total. The molecule has 0 N–H and O–H groups in total. The van der Waals surface area contributed by atoms with Crippen LogP contribution >= 0.6 is 0 Å². The summed E-state index contributed by atoms with van der Waals surface area (Å²) in [6, 6.07) is 38.2. The molecule has 4 heterocycles. The number of fused-ring (bicyclic) bond motifs is 14. The number of aromatic nitrogens is 1. The van der Waals surface area contributed by atoms with Gasteiger partial charge >= 0.3 is 6.85 Å². The van der Waals surface area contributed by atoms with Crippen LogP contribution in [0.25, 0.3) is 60.6 Å². The third-order valence-corrected chi connectivity index (χ3v) is 14.9. The molecule has 0 spiro atoms. The molecule has 0 amide bonds. The zero-order valence-electron chi connectivity index (χ0n) is 38.0. The lowest BCUT2D eigenvalue weighted by Crippen LogP contribution is -2.61. The van der Waals surface area contributed by atoms with Crippen molar-refractivity contribution in [2.45, 2.75) is 130 Å². The van der Waals surface area contributed by atoms with Crippen LogP contribution in [0.2, 0.25) is 0 Å². The Morgan fingerprint density at radius 3 is 1.85 bits per heavy atom. The highest BCUT2D eigenvalue weighted by atomic mass is 16.3. The molecule has 4 heteroatoms. The highest BCUT2D eigenvalue weighted by molar-refractivity contribution is 6.94. The van der Waals surface area contributed by atoms with Crippen LogP contribution in [0.5, 0.6) is 0 Å². The molecule has 8 aromatic rings. The van der Waals surface area contributed by atoms with Crippen LogP contribution in [0.15, 0.2) is 101 Å². The van der Waals surface area contributed by atoms with Gasteiger partial charge in [0.2, 0.25) is 0 Å². The largest absolute Gasteiger partial charge is 0.455 e. The zero-order chi connectivity index (χ0) is 42.2. The van der Waals surface area contributed by atoms with E-state index in [4.69, 9.17) is 4.42 Å². The third kappa shape index (κ3) is 5.09. The summed E-state index contributed by atoms with van der Waals surface area (Å²) in [5.41, 5.74) is 20.7. The van der Waals surface area contributed by atoms with Crippen molar-refractivity contribution in [2.75, 3.05) is 4.81 Å². The van der Waals surface area contributed by atoms with E-state index < -0.39 is 0 Å². The maximum atomic E-state index is 7.22. The fraction of sp³-hybridized carbons (Fsp3) is 0.357. The number of hydrogen-bond donors (Lipinski definition) is 0. The first-order chi connectivity index (χ1) is 28.1. The zero-order valence-corrected chi connectivity index (χ0v) is 38.0. The fourth-order valence-electron chi connectivity index (χ4n) is 11.2. The molecule has 0 saturated carbocycles. The molecule has 0 unspecified atom stereocenters. The molecule has 0 fully saturated rings. The van der Waals surface area contributed by atoms with Gasteiger partial charge in [0.15, 0.2) is 0 Å². The van der Waals surface area contributed by atoms with Gasteiger partial charge in [0.1, 0.15) is 11.2 Å². The molecule has 0 saturated heterocycles. The summed E-state index contributed by atoms with van der Waals surface area (Å²) in [5.74, 6) is 0. The Labute approximate surface area is 356 Å². The van der Waals surface area contributed by atoms with E-state index >= 15 is 0 Å². The predicted octanol–water partition coefficient (Wildman–Crippen LogP) is 14.2. The van der Waals surface area contributed by atoms with E-state index in [9.17, 15) is 0 Å². The normalized spacial score (nSPS) is 16.8. The van der Waals surface area contributed by atoms with E-state index in [1.807, 2.05) is 0 Å². The Kier molecular flexibility index (Phi) is 7.41. The van der Waals surface area contributed by atoms with Crippen LogP contribution in [0, 0.1) is 0 Å². The molecule has 6 aromatic carbocycles. The van der Waals surface area contributed by atoms with Crippen LogP contribution in [0.3, 0.4) is 0 Å². The van der Waals surface area contributed by atoms with Gasteiger partial charge < -0.3 is 13.8 Å². The molecule has 60 heavy (non-hydrogen) atoms. The standard InChI is InChI=1S/C56H59BN2O/c1-52(2,3)32-18-22-35(23-19-32)59-44-31-40-39(55(10,11)26-27-56(40,12)13)30-38(44)46-47-36-16-14-15-17-45(36)60-51(47)48-37-28-33(53(4,5)6)20-24-42(37)58-43-25-21-34(54(7,8)9)29-41(43)57(59)49(46)50(48)58/h14-25,28-31H,26-27H2,1-13H3. The molecule has 3 aliphatic rings. The van der Waals surface area contributed by atoms with E-state index in [0.29, 0.717) is 0 Å². The summed E-state index contributed by atoms with van der Waals surface area (Å²) in [4.78, 5) is 2.74. The lowest BCUT2D eigenvalue weighted by Gasteiger charge is -2.46. The van der Waals surface area contributed by atoms with E-state index in [0.717, 1.165) is 24.0 Å². The van der Waals surface area contributed by atoms with E-state index in [1.54, 1.807) is 0 Å². The summed E-state index contributed by atoms with van der Waals surface area (Å²) in [6.45, 7) is 30.8. The maximum absolute atomic E-state index is 7.22. The maximum Gasteiger partial charge on any atom is 0.333 e. The van der Waals surface area contributed by atoms with Crippen molar-refractivity contribution in [3.63, 3.8) is 0 Å². The molecule has 1 aliphatic carbocycles. The summed E-state index contributed by atoms with van der Waals surface area (Å²) in [7, 11) is 0. The van der Waals surface area contributed by atoms with Gasteiger partial charge in [-0.1, -0.05) is 139 Å². The van der Waals surface area contributed by atoms with Crippen LogP contribution in [-0.2, 0) is 27.1 Å². The summed E-state index contributed by atoms with van der Waals surface area (Å²) >= 11 is 0. The Morgan fingerprint density at radius 1 is 0.583 bits per heavy atom. The minimum atomic E-state index is -0.0810. The van der Waals surface area contributed by atoms with E-state index in [1.165, 1.54) is 99.5 Å². The minimum absolute atomic E-state index is 0.0132. The van der Waals surface area contributed by atoms with E-state index in [2.05, 4.69) is 196 Å². The first-order valence-electron chi connectivity index (χ1n) is 22.3. The quantitative estimate of drug-likeness (QED) is 0.155. The SMILES string of the molecule is CC(C)(C)c1ccc(N2B3c4cc(C(C)(C)C)ccc4-n4c5ccc(C(C)(C)C)cc5c5c6oc7ccccc7c6c(c3c54)-c3cc4c(cc32)C(C)(C)CCC4(C)C)cc1. The molecule has 2 aliphatic heterocycles. The number of para-hydroxylation sites is 1. The monoisotopic (exact) mass is 786 g/mol. The number of furan rings is 1. The van der Waals surface area contributed by atoms with Crippen LogP contribution in [0.1, 0.15) is 131 Å². The molecule has 0 radical (unpaired) electrons. The number of nitrogens with zero attached hydrogens (tertiary/aromatic N) is 2. The van der Waals surface area contributed by atoms with Gasteiger partial charge in [-0.3, -0.25) is 0 Å². The van der Waals surface area contributed by atoms with Gasteiger partial charge in [0.25, 0.3) is 0 Å². The van der Waals surface area contributed by atoms with Crippen molar-refractivity contribution < 1.29 is 4.42 Å². The first kappa shape index (κ1) is 37.8. The van der Waals surface area contributed by atoms with Gasteiger partial charge in [-0.2, -0.15) is 0 Å². The first-order valence-corrected chi connectivity index (χ1v) is 22.3. The van der Waals surface area contributed by atoms with Crippen LogP contribution in [-0.4, -0.2) is 11.4 Å². The van der Waals surface area contributed by atoms with Gasteiger partial charge in [-0.15, -0.1) is 0 Å². The summed E-state index contributed by atoms with van der Waals surface area (Å²) < 4.78 is 9.83. The number of anilines is 2. The molecule has 0 bridgehead atoms. The number of hydrogen-bond acceptors (Lipinski definition) is 2. The van der Waals surface area contributed by atoms with Crippen molar-refractivity contribution in [1.29, 1.82) is 0 Å². The molecular weight excluding hydrogens is 727 g/mol. The molecule has 2 aromatic heterocycles. The summed E-state index contributed by atoms with van der Waals surface area (Å²) in [5, 5.41) is 4.91. The van der Waals surface area contributed by atoms with E-state index in [-0.39, 0.29) is 33.9 Å². The van der Waals surface area contributed by atoms with Crippen molar-refractivity contribution >= 4 is 72.9 Å². The Bertz CT molecular complexity index is 3150.